The minimum Gasteiger partial charge on any atom is -0.506 e. The van der Waals surface area contributed by atoms with Gasteiger partial charge in [-0.15, -0.1) is 10.2 Å². The zero-order valence-electron chi connectivity index (χ0n) is 14.6. The molecule has 0 aliphatic heterocycles. The molecule has 3 aromatic carbocycles. The van der Waals surface area contributed by atoms with Gasteiger partial charge in [-0.1, -0.05) is 70.2 Å². The smallest absolute Gasteiger partial charge is 0.143 e. The van der Waals surface area contributed by atoms with Crippen molar-refractivity contribution in [1.82, 2.24) is 0 Å². The number of benzene rings is 3. The van der Waals surface area contributed by atoms with Crippen molar-refractivity contribution in [1.29, 1.82) is 0 Å². The monoisotopic (exact) mass is 324 g/mol. The van der Waals surface area contributed by atoms with E-state index >= 15 is 0 Å². The lowest BCUT2D eigenvalue weighted by atomic mass is 10.1. The fourth-order valence-corrected chi connectivity index (χ4v) is 2.00. The van der Waals surface area contributed by atoms with Crippen LogP contribution in [0.4, 0.5) is 11.4 Å². The zero-order chi connectivity index (χ0) is 17.9. The number of nitrogens with zero attached hydrogens (tertiary/aromatic N) is 2. The second-order valence-corrected chi connectivity index (χ2v) is 4.34. The van der Waals surface area contributed by atoms with Gasteiger partial charge in [-0.05, 0) is 23.6 Å². The van der Waals surface area contributed by atoms with E-state index in [0.717, 1.165) is 10.8 Å². The van der Waals surface area contributed by atoms with Crippen molar-refractivity contribution in [3.8, 4) is 11.5 Å². The largest absolute Gasteiger partial charge is 0.506 e. The first-order chi connectivity index (χ1) is 11.8. The summed E-state index contributed by atoms with van der Waals surface area (Å²) in [5, 5.41) is 29.5. The van der Waals surface area contributed by atoms with Gasteiger partial charge < -0.3 is 10.2 Å². The highest BCUT2D eigenvalue weighted by Gasteiger charge is 2.06. The number of hydrogen-bond donors (Lipinski definition) is 2. The van der Waals surface area contributed by atoms with Crippen LogP contribution in [-0.2, 0) is 0 Å². The van der Waals surface area contributed by atoms with E-state index in [4.69, 9.17) is 0 Å². The maximum absolute atomic E-state index is 9.94. The molecule has 0 amide bonds. The van der Waals surface area contributed by atoms with E-state index in [1.54, 1.807) is 24.3 Å². The van der Waals surface area contributed by atoms with Gasteiger partial charge in [0.25, 0.3) is 0 Å². The van der Waals surface area contributed by atoms with E-state index in [9.17, 15) is 10.2 Å². The first-order valence-corrected chi connectivity index (χ1v) is 8.16. The molecule has 2 N–H and O–H groups in total. The van der Waals surface area contributed by atoms with Crippen molar-refractivity contribution in [2.45, 2.75) is 27.7 Å². The number of fused-ring (bicyclic) bond motifs is 1. The van der Waals surface area contributed by atoms with Crippen LogP contribution in [0, 0.1) is 0 Å². The third kappa shape index (κ3) is 4.56. The molecule has 0 bridgehead atoms. The van der Waals surface area contributed by atoms with Gasteiger partial charge in [0, 0.05) is 5.39 Å². The van der Waals surface area contributed by atoms with E-state index in [1.165, 1.54) is 6.07 Å². The predicted octanol–water partition coefficient (Wildman–Crippen LogP) is 6.72. The molecule has 0 spiro atoms. The summed E-state index contributed by atoms with van der Waals surface area (Å²) in [6.07, 6.45) is 0. The first kappa shape index (κ1) is 19.2. The molecule has 24 heavy (non-hydrogen) atoms. The molecule has 0 saturated carbocycles. The summed E-state index contributed by atoms with van der Waals surface area (Å²) < 4.78 is 0. The molecule has 4 heteroatoms. The van der Waals surface area contributed by atoms with Gasteiger partial charge in [-0.3, -0.25) is 0 Å². The van der Waals surface area contributed by atoms with Gasteiger partial charge in [0.15, 0.2) is 0 Å². The van der Waals surface area contributed by atoms with Crippen LogP contribution >= 0.6 is 0 Å². The molecule has 0 aromatic heterocycles. The molecule has 3 aromatic rings. The quantitative estimate of drug-likeness (QED) is 0.514. The van der Waals surface area contributed by atoms with Crippen LogP contribution in [0.3, 0.4) is 0 Å². The fourth-order valence-electron chi connectivity index (χ4n) is 2.00. The van der Waals surface area contributed by atoms with Crippen molar-refractivity contribution in [3.05, 3.63) is 60.7 Å². The van der Waals surface area contributed by atoms with Gasteiger partial charge in [-0.2, -0.15) is 0 Å². The molecular formula is C20H24N2O2. The van der Waals surface area contributed by atoms with E-state index < -0.39 is 0 Å². The van der Waals surface area contributed by atoms with E-state index in [1.807, 2.05) is 58.0 Å². The second kappa shape index (κ2) is 10.0. The SMILES string of the molecule is CC.CC.Oc1ccccc1N=Nc1c(O)ccc2ccccc12. The highest BCUT2D eigenvalue weighted by molar-refractivity contribution is 5.95. The van der Waals surface area contributed by atoms with Crippen molar-refractivity contribution >= 4 is 22.1 Å². The van der Waals surface area contributed by atoms with Gasteiger partial charge in [-0.25, -0.2) is 0 Å². The third-order valence-corrected chi connectivity index (χ3v) is 3.02. The summed E-state index contributed by atoms with van der Waals surface area (Å²) >= 11 is 0. The Balaban J connectivity index is 0.000000671. The minimum absolute atomic E-state index is 0.0518. The molecule has 0 atom stereocenters. The molecular weight excluding hydrogens is 300 g/mol. The number of hydrogen-bond acceptors (Lipinski definition) is 4. The highest BCUT2D eigenvalue weighted by atomic mass is 16.3. The summed E-state index contributed by atoms with van der Waals surface area (Å²) in [7, 11) is 0. The molecule has 0 aliphatic rings. The number of aromatic hydroxyl groups is 2. The van der Waals surface area contributed by atoms with Crippen molar-refractivity contribution < 1.29 is 10.2 Å². The molecule has 3 rings (SSSR count). The number of phenols is 2. The fraction of sp³-hybridized carbons (Fsp3) is 0.200. The lowest BCUT2D eigenvalue weighted by Gasteiger charge is -2.03. The summed E-state index contributed by atoms with van der Waals surface area (Å²) in [5.41, 5.74) is 0.756. The molecule has 0 unspecified atom stereocenters. The normalized spacial score (nSPS) is 9.83. The third-order valence-electron chi connectivity index (χ3n) is 3.02. The average Bonchev–Trinajstić information content (AvgIpc) is 2.65. The van der Waals surface area contributed by atoms with Gasteiger partial charge in [0.1, 0.15) is 22.9 Å². The Hall–Kier alpha value is -2.88. The lowest BCUT2D eigenvalue weighted by molar-refractivity contribution is 0.474. The maximum atomic E-state index is 9.94. The summed E-state index contributed by atoms with van der Waals surface area (Å²) in [5.74, 6) is 0.110. The predicted molar refractivity (Wildman–Crippen MR) is 101 cm³/mol. The Morgan fingerprint density at radius 1 is 0.625 bits per heavy atom. The molecule has 0 saturated heterocycles. The number of azo groups is 1. The second-order valence-electron chi connectivity index (χ2n) is 4.34. The number of rotatable bonds is 2. The minimum atomic E-state index is 0.0518. The molecule has 0 radical (unpaired) electrons. The summed E-state index contributed by atoms with van der Waals surface area (Å²) in [6, 6.07) is 17.7. The van der Waals surface area contributed by atoms with Crippen LogP contribution in [0.1, 0.15) is 27.7 Å². The van der Waals surface area contributed by atoms with Crippen LogP contribution in [0.25, 0.3) is 10.8 Å². The number of phenolic OH excluding ortho intramolecular Hbond substituents is 2. The van der Waals surface area contributed by atoms with E-state index in [0.29, 0.717) is 11.4 Å². The Bertz CT molecular complexity index is 799. The average molecular weight is 324 g/mol. The van der Waals surface area contributed by atoms with Crippen LogP contribution in [0.15, 0.2) is 70.9 Å². The van der Waals surface area contributed by atoms with Gasteiger partial charge >= 0.3 is 0 Å². The Morgan fingerprint density at radius 2 is 1.25 bits per heavy atom. The van der Waals surface area contributed by atoms with Crippen molar-refractivity contribution in [2.24, 2.45) is 10.2 Å². The summed E-state index contributed by atoms with van der Waals surface area (Å²) in [6.45, 7) is 8.00. The summed E-state index contributed by atoms with van der Waals surface area (Å²) in [4.78, 5) is 0. The van der Waals surface area contributed by atoms with Gasteiger partial charge in [0.05, 0.1) is 0 Å². The van der Waals surface area contributed by atoms with Crippen LogP contribution in [-0.4, -0.2) is 10.2 Å². The molecule has 0 fully saturated rings. The first-order valence-electron chi connectivity index (χ1n) is 8.16. The van der Waals surface area contributed by atoms with Crippen LogP contribution in [0.5, 0.6) is 11.5 Å². The maximum Gasteiger partial charge on any atom is 0.143 e. The van der Waals surface area contributed by atoms with E-state index in [2.05, 4.69) is 10.2 Å². The van der Waals surface area contributed by atoms with Crippen LogP contribution < -0.4 is 0 Å². The Labute approximate surface area is 143 Å². The standard InChI is InChI=1S/C16H12N2O2.2C2H6/c19-14-8-4-3-7-13(14)17-18-16-12-6-2-1-5-11(12)9-10-15(16)20;2*1-2/h1-10,19-20H;2*1-2H3. The highest BCUT2D eigenvalue weighted by Crippen LogP contribution is 2.36. The van der Waals surface area contributed by atoms with Crippen molar-refractivity contribution in [3.63, 3.8) is 0 Å². The Kier molecular flexibility index (Phi) is 7.99. The zero-order valence-corrected chi connectivity index (χ0v) is 14.6. The topological polar surface area (TPSA) is 65.2 Å². The number of para-hydroxylation sites is 1. The molecule has 0 aliphatic carbocycles. The van der Waals surface area contributed by atoms with Gasteiger partial charge in [0.2, 0.25) is 0 Å². The lowest BCUT2D eigenvalue weighted by Crippen LogP contribution is -1.74. The van der Waals surface area contributed by atoms with Crippen LogP contribution in [0.2, 0.25) is 0 Å². The molecule has 0 heterocycles. The molecule has 4 nitrogen and oxygen atoms in total. The Morgan fingerprint density at radius 3 is 1.96 bits per heavy atom. The van der Waals surface area contributed by atoms with Crippen molar-refractivity contribution in [2.75, 3.05) is 0 Å². The molecule has 126 valence electrons. The van der Waals surface area contributed by atoms with E-state index in [-0.39, 0.29) is 11.5 Å².